The van der Waals surface area contributed by atoms with Gasteiger partial charge in [0, 0.05) is 15.5 Å². The Balaban J connectivity index is 2.72. The highest BCUT2D eigenvalue weighted by Gasteiger charge is 2.18. The highest BCUT2D eigenvalue weighted by atomic mass is 79.9. The van der Waals surface area contributed by atoms with Crippen molar-refractivity contribution in [1.82, 2.24) is 5.32 Å². The molecule has 1 aromatic carbocycles. The summed E-state index contributed by atoms with van der Waals surface area (Å²) in [7, 11) is 0. The topological polar surface area (TPSA) is 49.3 Å². The van der Waals surface area contributed by atoms with Crippen LogP contribution in [0.15, 0.2) is 21.1 Å². The van der Waals surface area contributed by atoms with Gasteiger partial charge in [-0.3, -0.25) is 4.79 Å². The predicted molar refractivity (Wildman–Crippen MR) is 84.3 cm³/mol. The number of carboxylic acid groups (broad SMARTS) is 1. The molecule has 0 amide bonds. The molecule has 2 N–H and O–H groups in total. The van der Waals surface area contributed by atoms with Gasteiger partial charge in [-0.25, -0.2) is 0 Å². The lowest BCUT2D eigenvalue weighted by Crippen LogP contribution is -2.37. The summed E-state index contributed by atoms with van der Waals surface area (Å²) in [5.41, 5.74) is 2.19. The van der Waals surface area contributed by atoms with Crippen LogP contribution in [0.4, 0.5) is 0 Å². The molecule has 0 aliphatic rings. The molecule has 0 aliphatic carbocycles. The van der Waals surface area contributed by atoms with E-state index in [1.54, 1.807) is 0 Å². The van der Waals surface area contributed by atoms with Crippen LogP contribution < -0.4 is 5.32 Å². The number of benzene rings is 1. The number of hydrogen-bond donors (Lipinski definition) is 2. The zero-order chi connectivity index (χ0) is 14.6. The van der Waals surface area contributed by atoms with Crippen LogP contribution in [-0.2, 0) is 11.3 Å². The molecule has 106 valence electrons. The molecule has 1 atom stereocenters. The van der Waals surface area contributed by atoms with E-state index in [4.69, 9.17) is 0 Å². The van der Waals surface area contributed by atoms with E-state index in [-0.39, 0.29) is 0 Å². The maximum absolute atomic E-state index is 11.2. The molecule has 3 nitrogen and oxygen atoms in total. The average molecular weight is 393 g/mol. The maximum atomic E-state index is 11.2. The summed E-state index contributed by atoms with van der Waals surface area (Å²) >= 11 is 7.00. The Morgan fingerprint density at radius 1 is 1.32 bits per heavy atom. The average Bonchev–Trinajstić information content (AvgIpc) is 2.30. The van der Waals surface area contributed by atoms with Gasteiger partial charge in [-0.05, 0) is 42.5 Å². The van der Waals surface area contributed by atoms with E-state index >= 15 is 0 Å². The number of rotatable bonds is 6. The molecule has 0 saturated heterocycles. The molecule has 0 unspecified atom stereocenters. The maximum Gasteiger partial charge on any atom is 0.320 e. The van der Waals surface area contributed by atoms with Crippen molar-refractivity contribution in [2.75, 3.05) is 0 Å². The van der Waals surface area contributed by atoms with Crippen molar-refractivity contribution in [3.8, 4) is 0 Å². The molecule has 0 saturated carbocycles. The monoisotopic (exact) mass is 391 g/mol. The van der Waals surface area contributed by atoms with Crippen molar-refractivity contribution in [3.05, 3.63) is 32.2 Å². The molecule has 5 heteroatoms. The molecule has 19 heavy (non-hydrogen) atoms. The highest BCUT2D eigenvalue weighted by Crippen LogP contribution is 2.26. The SMILES string of the molecule is Cc1c(Br)cc(CN[C@@H](CC(C)C)C(=O)O)cc1Br. The van der Waals surface area contributed by atoms with Gasteiger partial charge in [0.05, 0.1) is 0 Å². The Bertz CT molecular complexity index is 438. The predicted octanol–water partition coefficient (Wildman–Crippen LogP) is 4.11. The zero-order valence-electron chi connectivity index (χ0n) is 11.3. The first-order chi connectivity index (χ1) is 8.81. The van der Waals surface area contributed by atoms with Crippen LogP contribution in [-0.4, -0.2) is 17.1 Å². The number of carboxylic acids is 1. The molecule has 0 aliphatic heterocycles. The molecular weight excluding hydrogens is 374 g/mol. The Hall–Kier alpha value is -0.390. The first kappa shape index (κ1) is 16.7. The van der Waals surface area contributed by atoms with Gasteiger partial charge in [0.2, 0.25) is 0 Å². The fraction of sp³-hybridized carbons (Fsp3) is 0.500. The molecule has 1 rings (SSSR count). The van der Waals surface area contributed by atoms with E-state index in [9.17, 15) is 9.90 Å². The molecule has 0 fully saturated rings. The van der Waals surface area contributed by atoms with Crippen LogP contribution in [0.3, 0.4) is 0 Å². The fourth-order valence-corrected chi connectivity index (χ4v) is 3.07. The molecule has 1 aromatic rings. The number of nitrogens with one attached hydrogen (secondary N) is 1. The Kier molecular flexibility index (Phi) is 6.50. The van der Waals surface area contributed by atoms with Gasteiger partial charge in [-0.1, -0.05) is 45.7 Å². The summed E-state index contributed by atoms with van der Waals surface area (Å²) in [6.07, 6.45) is 0.629. The number of carbonyl (C=O) groups is 1. The molecule has 0 bridgehead atoms. The molecule has 0 aromatic heterocycles. The minimum absolute atomic E-state index is 0.352. The van der Waals surface area contributed by atoms with E-state index < -0.39 is 12.0 Å². The van der Waals surface area contributed by atoms with Gasteiger partial charge >= 0.3 is 5.97 Å². The molecular formula is C14H19Br2NO2. The second-order valence-corrected chi connectivity index (χ2v) is 6.79. The summed E-state index contributed by atoms with van der Waals surface area (Å²) < 4.78 is 2.05. The second kappa shape index (κ2) is 7.41. The van der Waals surface area contributed by atoms with Crippen molar-refractivity contribution in [2.45, 2.75) is 39.8 Å². The van der Waals surface area contributed by atoms with Gasteiger partial charge in [0.1, 0.15) is 6.04 Å². The quantitative estimate of drug-likeness (QED) is 0.765. The fourth-order valence-electron chi connectivity index (χ4n) is 1.78. The van der Waals surface area contributed by atoms with Gasteiger partial charge in [0.15, 0.2) is 0 Å². The number of halogens is 2. The number of aliphatic carboxylic acids is 1. The molecule has 0 spiro atoms. The van der Waals surface area contributed by atoms with Crippen LogP contribution in [0.1, 0.15) is 31.4 Å². The van der Waals surface area contributed by atoms with Crippen LogP contribution in [0.5, 0.6) is 0 Å². The van der Waals surface area contributed by atoms with E-state index in [0.717, 1.165) is 20.1 Å². The van der Waals surface area contributed by atoms with Crippen LogP contribution in [0, 0.1) is 12.8 Å². The smallest absolute Gasteiger partial charge is 0.320 e. The Morgan fingerprint density at radius 3 is 2.26 bits per heavy atom. The van der Waals surface area contributed by atoms with E-state index in [2.05, 4.69) is 37.2 Å². The highest BCUT2D eigenvalue weighted by molar-refractivity contribution is 9.11. The molecule has 0 radical (unpaired) electrons. The number of hydrogen-bond acceptors (Lipinski definition) is 2. The third-order valence-corrected chi connectivity index (χ3v) is 4.55. The third-order valence-electron chi connectivity index (χ3n) is 2.90. The lowest BCUT2D eigenvalue weighted by molar-refractivity contribution is -0.140. The van der Waals surface area contributed by atoms with Crippen molar-refractivity contribution in [3.63, 3.8) is 0 Å². The van der Waals surface area contributed by atoms with Crippen molar-refractivity contribution in [1.29, 1.82) is 0 Å². The van der Waals surface area contributed by atoms with E-state index in [1.807, 2.05) is 32.9 Å². The van der Waals surface area contributed by atoms with Gasteiger partial charge in [0.25, 0.3) is 0 Å². The molecule has 0 heterocycles. The van der Waals surface area contributed by atoms with Crippen LogP contribution >= 0.6 is 31.9 Å². The summed E-state index contributed by atoms with van der Waals surface area (Å²) in [5, 5.41) is 12.3. The third kappa shape index (κ3) is 5.24. The van der Waals surface area contributed by atoms with Gasteiger partial charge in [-0.15, -0.1) is 0 Å². The Morgan fingerprint density at radius 2 is 1.84 bits per heavy atom. The summed E-state index contributed by atoms with van der Waals surface area (Å²) in [6.45, 7) is 6.61. The van der Waals surface area contributed by atoms with Crippen LogP contribution in [0.25, 0.3) is 0 Å². The van der Waals surface area contributed by atoms with Crippen molar-refractivity contribution in [2.24, 2.45) is 5.92 Å². The summed E-state index contributed by atoms with van der Waals surface area (Å²) in [6, 6.07) is 3.53. The van der Waals surface area contributed by atoms with Crippen molar-refractivity contribution >= 4 is 37.8 Å². The largest absolute Gasteiger partial charge is 0.480 e. The standard InChI is InChI=1S/C14H19Br2NO2/c1-8(2)4-13(14(18)19)17-7-10-5-11(15)9(3)12(16)6-10/h5-6,8,13,17H,4,7H2,1-3H3,(H,18,19)/t13-/m0/s1. The lowest BCUT2D eigenvalue weighted by atomic mass is 10.0. The Labute approximate surface area is 131 Å². The second-order valence-electron chi connectivity index (χ2n) is 5.09. The van der Waals surface area contributed by atoms with Gasteiger partial charge in [-0.2, -0.15) is 0 Å². The lowest BCUT2D eigenvalue weighted by Gasteiger charge is -2.17. The first-order valence-electron chi connectivity index (χ1n) is 6.22. The zero-order valence-corrected chi connectivity index (χ0v) is 14.5. The summed E-state index contributed by atoms with van der Waals surface area (Å²) in [5.74, 6) is -0.441. The van der Waals surface area contributed by atoms with E-state index in [0.29, 0.717) is 18.9 Å². The normalized spacial score (nSPS) is 12.7. The minimum atomic E-state index is -0.793. The van der Waals surface area contributed by atoms with E-state index in [1.165, 1.54) is 0 Å². The van der Waals surface area contributed by atoms with Gasteiger partial charge < -0.3 is 10.4 Å². The summed E-state index contributed by atoms with van der Waals surface area (Å²) in [4.78, 5) is 11.2. The minimum Gasteiger partial charge on any atom is -0.480 e. The van der Waals surface area contributed by atoms with Crippen molar-refractivity contribution < 1.29 is 9.90 Å². The van der Waals surface area contributed by atoms with Crippen LogP contribution in [0.2, 0.25) is 0 Å². The first-order valence-corrected chi connectivity index (χ1v) is 7.80.